The van der Waals surface area contributed by atoms with Crippen LogP contribution >= 0.6 is 0 Å². The maximum Gasteiger partial charge on any atom is 0.248 e. The van der Waals surface area contributed by atoms with E-state index < -0.39 is 0 Å². The average molecular weight is 257 g/mol. The highest BCUT2D eigenvalue weighted by Gasteiger charge is 2.27. The van der Waals surface area contributed by atoms with Crippen molar-refractivity contribution >= 4 is 11.7 Å². The summed E-state index contributed by atoms with van der Waals surface area (Å²) in [6, 6.07) is 0.0646. The van der Waals surface area contributed by atoms with Crippen LogP contribution in [0.5, 0.6) is 0 Å². The molecule has 1 unspecified atom stereocenters. The first kappa shape index (κ1) is 15.1. The lowest BCUT2D eigenvalue weighted by molar-refractivity contribution is -0.141. The first-order valence-electron chi connectivity index (χ1n) is 6.50. The fraction of sp³-hybridized carbons (Fsp3) is 0.846. The molecule has 0 bridgehead atoms. The average Bonchev–Trinajstić information content (AvgIpc) is 2.34. The van der Waals surface area contributed by atoms with Crippen LogP contribution in [0.4, 0.5) is 0 Å². The zero-order valence-electron chi connectivity index (χ0n) is 11.3. The number of carbonyl (C=O) groups excluding carboxylic acids is 2. The summed E-state index contributed by atoms with van der Waals surface area (Å²) in [7, 11) is 1.60. The summed E-state index contributed by atoms with van der Waals surface area (Å²) < 4.78 is 10.1. The van der Waals surface area contributed by atoms with Crippen LogP contribution in [0.3, 0.4) is 0 Å². The van der Waals surface area contributed by atoms with E-state index in [1.807, 2.05) is 0 Å². The highest BCUT2D eigenvalue weighted by atomic mass is 16.5. The number of amides is 1. The van der Waals surface area contributed by atoms with Gasteiger partial charge in [-0.05, 0) is 26.2 Å². The van der Waals surface area contributed by atoms with E-state index in [2.05, 4.69) is 0 Å². The molecular weight excluding hydrogens is 234 g/mol. The Bertz CT molecular complexity index is 280. The van der Waals surface area contributed by atoms with Crippen LogP contribution in [0.1, 0.15) is 32.6 Å². The molecule has 0 saturated carbocycles. The minimum Gasteiger partial charge on any atom is -0.382 e. The summed E-state index contributed by atoms with van der Waals surface area (Å²) in [6.07, 6.45) is 3.48. The van der Waals surface area contributed by atoms with Gasteiger partial charge in [-0.1, -0.05) is 0 Å². The van der Waals surface area contributed by atoms with Crippen molar-refractivity contribution in [2.24, 2.45) is 0 Å². The number of nitrogens with zero attached hydrogens (tertiary/aromatic N) is 1. The van der Waals surface area contributed by atoms with Gasteiger partial charge < -0.3 is 14.4 Å². The molecular formula is C13H23NO4. The Balaban J connectivity index is 2.39. The van der Waals surface area contributed by atoms with Crippen LogP contribution in [-0.4, -0.2) is 56.1 Å². The SMILES string of the molecule is COCCOCC(=O)N1CCCCC1CC(C)=O. The third-order valence-corrected chi connectivity index (χ3v) is 3.13. The van der Waals surface area contributed by atoms with Gasteiger partial charge in [-0.3, -0.25) is 9.59 Å². The van der Waals surface area contributed by atoms with Crippen molar-refractivity contribution in [3.05, 3.63) is 0 Å². The molecule has 1 aliphatic rings. The first-order valence-corrected chi connectivity index (χ1v) is 6.50. The van der Waals surface area contributed by atoms with Crippen molar-refractivity contribution in [1.82, 2.24) is 4.90 Å². The molecule has 0 N–H and O–H groups in total. The number of hydrogen-bond donors (Lipinski definition) is 0. The Morgan fingerprint density at radius 1 is 1.28 bits per heavy atom. The van der Waals surface area contributed by atoms with Gasteiger partial charge in [0.15, 0.2) is 0 Å². The molecule has 1 rings (SSSR count). The Kier molecular flexibility index (Phi) is 6.90. The number of methoxy groups -OCH3 is 1. The van der Waals surface area contributed by atoms with E-state index in [-0.39, 0.29) is 24.3 Å². The minimum atomic E-state index is -0.0166. The molecule has 0 aromatic carbocycles. The molecule has 1 fully saturated rings. The van der Waals surface area contributed by atoms with Gasteiger partial charge in [0.25, 0.3) is 0 Å². The van der Waals surface area contributed by atoms with Crippen LogP contribution < -0.4 is 0 Å². The number of rotatable bonds is 7. The van der Waals surface area contributed by atoms with Gasteiger partial charge in [0.1, 0.15) is 12.4 Å². The van der Waals surface area contributed by atoms with Crippen LogP contribution in [0, 0.1) is 0 Å². The molecule has 18 heavy (non-hydrogen) atoms. The maximum atomic E-state index is 12.0. The van der Waals surface area contributed by atoms with Crippen molar-refractivity contribution in [3.63, 3.8) is 0 Å². The Labute approximate surface area is 108 Å². The van der Waals surface area contributed by atoms with E-state index in [1.54, 1.807) is 18.9 Å². The zero-order chi connectivity index (χ0) is 13.4. The van der Waals surface area contributed by atoms with Gasteiger partial charge in [0.05, 0.1) is 13.2 Å². The van der Waals surface area contributed by atoms with Gasteiger partial charge in [0, 0.05) is 26.1 Å². The number of carbonyl (C=O) groups is 2. The molecule has 1 saturated heterocycles. The fourth-order valence-electron chi connectivity index (χ4n) is 2.26. The van der Waals surface area contributed by atoms with Crippen LogP contribution in [0.2, 0.25) is 0 Å². The lowest BCUT2D eigenvalue weighted by atomic mass is 9.98. The van der Waals surface area contributed by atoms with E-state index in [4.69, 9.17) is 9.47 Å². The van der Waals surface area contributed by atoms with E-state index in [9.17, 15) is 9.59 Å². The number of piperidine rings is 1. The van der Waals surface area contributed by atoms with Crippen molar-refractivity contribution in [1.29, 1.82) is 0 Å². The third-order valence-electron chi connectivity index (χ3n) is 3.13. The molecule has 0 aromatic rings. The Morgan fingerprint density at radius 3 is 2.72 bits per heavy atom. The minimum absolute atomic E-state index is 0.0166. The number of likely N-dealkylation sites (tertiary alicyclic amines) is 1. The van der Waals surface area contributed by atoms with Gasteiger partial charge in [-0.25, -0.2) is 0 Å². The molecule has 1 amide bonds. The molecule has 1 atom stereocenters. The quantitative estimate of drug-likeness (QED) is 0.639. The molecule has 0 aliphatic carbocycles. The van der Waals surface area contributed by atoms with E-state index in [1.165, 1.54) is 0 Å². The molecule has 0 spiro atoms. The molecule has 0 aromatic heterocycles. The van der Waals surface area contributed by atoms with Gasteiger partial charge in [0.2, 0.25) is 5.91 Å². The lowest BCUT2D eigenvalue weighted by Crippen LogP contribution is -2.46. The number of ketones is 1. The molecule has 1 heterocycles. The van der Waals surface area contributed by atoms with Crippen molar-refractivity contribution in [2.45, 2.75) is 38.6 Å². The van der Waals surface area contributed by atoms with Crippen LogP contribution in [-0.2, 0) is 19.1 Å². The zero-order valence-corrected chi connectivity index (χ0v) is 11.3. The monoisotopic (exact) mass is 257 g/mol. The highest BCUT2D eigenvalue weighted by molar-refractivity contribution is 5.80. The second-order valence-electron chi connectivity index (χ2n) is 4.69. The second-order valence-corrected chi connectivity index (χ2v) is 4.69. The fourth-order valence-corrected chi connectivity index (χ4v) is 2.26. The van der Waals surface area contributed by atoms with Gasteiger partial charge >= 0.3 is 0 Å². The molecule has 0 radical (unpaired) electrons. The second kappa shape index (κ2) is 8.21. The van der Waals surface area contributed by atoms with E-state index in [0.29, 0.717) is 19.6 Å². The molecule has 5 heteroatoms. The van der Waals surface area contributed by atoms with Crippen molar-refractivity contribution < 1.29 is 19.1 Å². The topological polar surface area (TPSA) is 55.8 Å². The normalized spacial score (nSPS) is 19.9. The first-order chi connectivity index (χ1) is 8.65. The summed E-state index contributed by atoms with van der Waals surface area (Å²) in [5.41, 5.74) is 0. The summed E-state index contributed by atoms with van der Waals surface area (Å²) >= 11 is 0. The third kappa shape index (κ3) is 5.14. The highest BCUT2D eigenvalue weighted by Crippen LogP contribution is 2.20. The summed E-state index contributed by atoms with van der Waals surface area (Å²) in [5, 5.41) is 0. The summed E-state index contributed by atoms with van der Waals surface area (Å²) in [6.45, 7) is 3.31. The largest absolute Gasteiger partial charge is 0.382 e. The number of ether oxygens (including phenoxy) is 2. The van der Waals surface area contributed by atoms with Gasteiger partial charge in [-0.2, -0.15) is 0 Å². The van der Waals surface area contributed by atoms with E-state index in [0.717, 1.165) is 25.8 Å². The van der Waals surface area contributed by atoms with Crippen LogP contribution in [0.25, 0.3) is 0 Å². The molecule has 104 valence electrons. The predicted molar refractivity (Wildman–Crippen MR) is 67.3 cm³/mol. The Hall–Kier alpha value is -0.940. The van der Waals surface area contributed by atoms with Gasteiger partial charge in [-0.15, -0.1) is 0 Å². The standard InChI is InChI=1S/C13H23NO4/c1-11(15)9-12-5-3-4-6-14(12)13(16)10-18-8-7-17-2/h12H,3-10H2,1-2H3. The maximum absolute atomic E-state index is 12.0. The predicted octanol–water partition coefficient (Wildman–Crippen LogP) is 1.01. The molecule has 1 aliphatic heterocycles. The summed E-state index contributed by atoms with van der Waals surface area (Å²) in [4.78, 5) is 25.0. The van der Waals surface area contributed by atoms with Crippen molar-refractivity contribution in [2.75, 3.05) is 33.5 Å². The van der Waals surface area contributed by atoms with E-state index >= 15 is 0 Å². The Morgan fingerprint density at radius 2 is 2.06 bits per heavy atom. The van der Waals surface area contributed by atoms with Crippen LogP contribution in [0.15, 0.2) is 0 Å². The smallest absolute Gasteiger partial charge is 0.248 e. The molecule has 5 nitrogen and oxygen atoms in total. The number of Topliss-reactive ketones (excluding diaryl/α,β-unsaturated/α-hetero) is 1. The van der Waals surface area contributed by atoms with Crippen molar-refractivity contribution in [3.8, 4) is 0 Å². The summed E-state index contributed by atoms with van der Waals surface area (Å²) in [5.74, 6) is 0.122. The lowest BCUT2D eigenvalue weighted by Gasteiger charge is -2.35. The number of hydrogen-bond acceptors (Lipinski definition) is 4.